The van der Waals surface area contributed by atoms with Crippen molar-refractivity contribution in [1.29, 1.82) is 0 Å². The molecule has 98 valence electrons. The number of fused-ring (bicyclic) bond motifs is 1. The SMILES string of the molecule is CC1CC(c2ccc(Cl)cc2)Sc2ccccc2N1. The van der Waals surface area contributed by atoms with Crippen molar-refractivity contribution in [2.24, 2.45) is 0 Å². The lowest BCUT2D eigenvalue weighted by atomic mass is 10.1. The quantitative estimate of drug-likeness (QED) is 0.756. The molecule has 0 bridgehead atoms. The highest BCUT2D eigenvalue weighted by Crippen LogP contribution is 2.44. The number of thioether (sulfide) groups is 1. The Balaban J connectivity index is 1.93. The van der Waals surface area contributed by atoms with Crippen LogP contribution in [0, 0.1) is 0 Å². The van der Waals surface area contributed by atoms with Crippen molar-refractivity contribution in [2.75, 3.05) is 5.32 Å². The number of benzene rings is 2. The number of hydrogen-bond acceptors (Lipinski definition) is 2. The maximum Gasteiger partial charge on any atom is 0.0480 e. The van der Waals surface area contributed by atoms with Crippen molar-refractivity contribution < 1.29 is 0 Å². The van der Waals surface area contributed by atoms with E-state index in [1.165, 1.54) is 16.1 Å². The monoisotopic (exact) mass is 289 g/mol. The van der Waals surface area contributed by atoms with Gasteiger partial charge in [-0.1, -0.05) is 35.9 Å². The zero-order chi connectivity index (χ0) is 13.2. The van der Waals surface area contributed by atoms with Gasteiger partial charge in [0.05, 0.1) is 0 Å². The minimum Gasteiger partial charge on any atom is -0.382 e. The van der Waals surface area contributed by atoms with E-state index in [9.17, 15) is 0 Å². The predicted octanol–water partition coefficient (Wildman–Crippen LogP) is 5.38. The number of para-hydroxylation sites is 1. The summed E-state index contributed by atoms with van der Waals surface area (Å²) in [5, 5.41) is 4.86. The summed E-state index contributed by atoms with van der Waals surface area (Å²) in [7, 11) is 0. The second-order valence-electron chi connectivity index (χ2n) is 4.94. The molecule has 0 saturated heterocycles. The Labute approximate surface area is 123 Å². The highest BCUT2D eigenvalue weighted by Gasteiger charge is 2.22. The largest absolute Gasteiger partial charge is 0.382 e. The van der Waals surface area contributed by atoms with Crippen molar-refractivity contribution in [3.05, 3.63) is 59.1 Å². The molecule has 0 saturated carbocycles. The molecule has 3 heteroatoms. The minimum absolute atomic E-state index is 0.469. The van der Waals surface area contributed by atoms with Gasteiger partial charge >= 0.3 is 0 Å². The van der Waals surface area contributed by atoms with Crippen molar-refractivity contribution in [3.63, 3.8) is 0 Å². The summed E-state index contributed by atoms with van der Waals surface area (Å²) in [5.41, 5.74) is 2.59. The molecule has 2 aromatic rings. The summed E-state index contributed by atoms with van der Waals surface area (Å²) in [4.78, 5) is 1.33. The summed E-state index contributed by atoms with van der Waals surface area (Å²) in [5.74, 6) is 0. The highest BCUT2D eigenvalue weighted by atomic mass is 35.5. The van der Waals surface area contributed by atoms with Crippen molar-refractivity contribution in [3.8, 4) is 0 Å². The third-order valence-electron chi connectivity index (χ3n) is 3.37. The number of hydrogen-bond donors (Lipinski definition) is 1. The fourth-order valence-corrected chi connectivity index (χ4v) is 3.94. The summed E-state index contributed by atoms with van der Waals surface area (Å²) < 4.78 is 0. The van der Waals surface area contributed by atoms with E-state index in [0.29, 0.717) is 11.3 Å². The summed E-state index contributed by atoms with van der Waals surface area (Å²) >= 11 is 7.91. The maximum atomic E-state index is 5.97. The number of halogens is 1. The molecule has 2 atom stereocenters. The molecule has 0 aliphatic carbocycles. The van der Waals surface area contributed by atoms with E-state index < -0.39 is 0 Å². The van der Waals surface area contributed by atoms with E-state index in [0.717, 1.165) is 11.4 Å². The van der Waals surface area contributed by atoms with Crippen LogP contribution in [0.5, 0.6) is 0 Å². The zero-order valence-electron chi connectivity index (χ0n) is 10.8. The van der Waals surface area contributed by atoms with Gasteiger partial charge in [-0.3, -0.25) is 0 Å². The highest BCUT2D eigenvalue weighted by molar-refractivity contribution is 7.99. The van der Waals surface area contributed by atoms with Crippen LogP contribution in [0.2, 0.25) is 5.02 Å². The van der Waals surface area contributed by atoms with E-state index in [4.69, 9.17) is 11.6 Å². The second kappa shape index (κ2) is 5.48. The molecule has 0 fully saturated rings. The number of nitrogens with one attached hydrogen (secondary N) is 1. The lowest BCUT2D eigenvalue weighted by Crippen LogP contribution is -2.15. The Morgan fingerprint density at radius 2 is 1.84 bits per heavy atom. The van der Waals surface area contributed by atoms with Crippen molar-refractivity contribution in [2.45, 2.75) is 29.5 Å². The maximum absolute atomic E-state index is 5.97. The van der Waals surface area contributed by atoms with Gasteiger partial charge in [0.1, 0.15) is 0 Å². The smallest absolute Gasteiger partial charge is 0.0480 e. The van der Waals surface area contributed by atoms with Gasteiger partial charge in [0.15, 0.2) is 0 Å². The van der Waals surface area contributed by atoms with Gasteiger partial charge in [-0.15, -0.1) is 11.8 Å². The normalized spacial score (nSPS) is 22.2. The first-order chi connectivity index (χ1) is 9.22. The molecule has 0 spiro atoms. The van der Waals surface area contributed by atoms with Gasteiger partial charge in [-0.25, -0.2) is 0 Å². The van der Waals surface area contributed by atoms with E-state index >= 15 is 0 Å². The van der Waals surface area contributed by atoms with Gasteiger partial charge < -0.3 is 5.32 Å². The molecule has 1 aliphatic rings. The van der Waals surface area contributed by atoms with E-state index in [1.807, 2.05) is 23.9 Å². The molecule has 3 rings (SSSR count). The molecule has 2 unspecified atom stereocenters. The predicted molar refractivity (Wildman–Crippen MR) is 84.2 cm³/mol. The number of rotatable bonds is 1. The van der Waals surface area contributed by atoms with Gasteiger partial charge in [0.2, 0.25) is 0 Å². The first kappa shape index (κ1) is 12.9. The zero-order valence-corrected chi connectivity index (χ0v) is 12.3. The first-order valence-corrected chi connectivity index (χ1v) is 7.76. The Bertz CT molecular complexity index is 567. The van der Waals surface area contributed by atoms with Crippen LogP contribution in [0.4, 0.5) is 5.69 Å². The lowest BCUT2D eigenvalue weighted by Gasteiger charge is -2.17. The van der Waals surface area contributed by atoms with Gasteiger partial charge in [-0.2, -0.15) is 0 Å². The van der Waals surface area contributed by atoms with E-state index in [1.54, 1.807) is 0 Å². The fourth-order valence-electron chi connectivity index (χ4n) is 2.42. The van der Waals surface area contributed by atoms with Crippen LogP contribution in [0.15, 0.2) is 53.4 Å². The van der Waals surface area contributed by atoms with Crippen LogP contribution in [-0.2, 0) is 0 Å². The average Bonchev–Trinajstić information content (AvgIpc) is 2.57. The summed E-state index contributed by atoms with van der Waals surface area (Å²) in [6, 6.07) is 17.2. The third-order valence-corrected chi connectivity index (χ3v) is 4.98. The topological polar surface area (TPSA) is 12.0 Å². The number of anilines is 1. The van der Waals surface area contributed by atoms with Crippen molar-refractivity contribution >= 4 is 29.1 Å². The van der Waals surface area contributed by atoms with Gasteiger partial charge in [-0.05, 0) is 43.2 Å². The third kappa shape index (κ3) is 2.90. The molecule has 1 heterocycles. The Hall–Kier alpha value is -1.12. The molecule has 1 nitrogen and oxygen atoms in total. The Kier molecular flexibility index (Phi) is 3.72. The molecule has 1 N–H and O–H groups in total. The standard InChI is InChI=1S/C16H16ClNS/c1-11-10-16(12-6-8-13(17)9-7-12)19-15-5-3-2-4-14(15)18-11/h2-9,11,16,18H,10H2,1H3. The molecule has 0 amide bonds. The summed E-state index contributed by atoms with van der Waals surface area (Å²) in [6.45, 7) is 2.24. The van der Waals surface area contributed by atoms with Crippen LogP contribution in [0.25, 0.3) is 0 Å². The van der Waals surface area contributed by atoms with Crippen molar-refractivity contribution in [1.82, 2.24) is 0 Å². The summed E-state index contributed by atoms with van der Waals surface area (Å²) in [6.07, 6.45) is 1.11. The molecular formula is C16H16ClNS. The minimum atomic E-state index is 0.469. The Morgan fingerprint density at radius 1 is 1.11 bits per heavy atom. The average molecular weight is 290 g/mol. The lowest BCUT2D eigenvalue weighted by molar-refractivity contribution is 0.700. The van der Waals surface area contributed by atoms with Crippen LogP contribution in [0.3, 0.4) is 0 Å². The van der Waals surface area contributed by atoms with Crippen LogP contribution in [0.1, 0.15) is 24.2 Å². The second-order valence-corrected chi connectivity index (χ2v) is 6.62. The molecule has 0 aromatic heterocycles. The van der Waals surface area contributed by atoms with E-state index in [-0.39, 0.29) is 0 Å². The van der Waals surface area contributed by atoms with Crippen LogP contribution >= 0.6 is 23.4 Å². The van der Waals surface area contributed by atoms with Crippen LogP contribution in [-0.4, -0.2) is 6.04 Å². The fraction of sp³-hybridized carbons (Fsp3) is 0.250. The van der Waals surface area contributed by atoms with Gasteiger partial charge in [0, 0.05) is 26.9 Å². The molecular weight excluding hydrogens is 274 g/mol. The molecule has 1 aliphatic heterocycles. The van der Waals surface area contributed by atoms with Gasteiger partial charge in [0.25, 0.3) is 0 Å². The molecule has 2 aromatic carbocycles. The Morgan fingerprint density at radius 3 is 2.63 bits per heavy atom. The van der Waals surface area contributed by atoms with Crippen LogP contribution < -0.4 is 5.32 Å². The molecule has 0 radical (unpaired) electrons. The molecule has 19 heavy (non-hydrogen) atoms. The first-order valence-electron chi connectivity index (χ1n) is 6.50. The van der Waals surface area contributed by atoms with E-state index in [2.05, 4.69) is 48.6 Å².